The predicted molar refractivity (Wildman–Crippen MR) is 81.5 cm³/mol. The zero-order valence-electron chi connectivity index (χ0n) is 11.8. The molecular formula is C13H21N5S. The van der Waals surface area contributed by atoms with Crippen LogP contribution in [0.3, 0.4) is 0 Å². The van der Waals surface area contributed by atoms with Gasteiger partial charge in [0.2, 0.25) is 5.95 Å². The van der Waals surface area contributed by atoms with Crippen LogP contribution in [0, 0.1) is 12.8 Å². The fourth-order valence-electron chi connectivity index (χ4n) is 2.49. The third-order valence-electron chi connectivity index (χ3n) is 3.46. The number of likely N-dealkylation sites (tertiary alicyclic amines) is 1. The van der Waals surface area contributed by atoms with Gasteiger partial charge in [0.15, 0.2) is 0 Å². The highest BCUT2D eigenvalue weighted by Crippen LogP contribution is 2.17. The summed E-state index contributed by atoms with van der Waals surface area (Å²) in [5.41, 5.74) is 7.19. The minimum absolute atomic E-state index is 0.320. The lowest BCUT2D eigenvalue weighted by Gasteiger charge is -2.21. The Kier molecular flexibility index (Phi) is 4.31. The van der Waals surface area contributed by atoms with E-state index in [1.54, 1.807) is 0 Å². The van der Waals surface area contributed by atoms with Gasteiger partial charge in [-0.05, 0) is 38.9 Å². The molecule has 0 bridgehead atoms. The van der Waals surface area contributed by atoms with Crippen molar-refractivity contribution in [3.8, 4) is 0 Å². The van der Waals surface area contributed by atoms with Gasteiger partial charge in [0.25, 0.3) is 0 Å². The Morgan fingerprint density at radius 3 is 2.89 bits per heavy atom. The number of nitrogens with two attached hydrogens (primary N) is 1. The van der Waals surface area contributed by atoms with Gasteiger partial charge in [0, 0.05) is 25.8 Å². The summed E-state index contributed by atoms with van der Waals surface area (Å²) in [6.07, 6.45) is 1.23. The summed E-state index contributed by atoms with van der Waals surface area (Å²) in [4.78, 5) is 13.7. The summed E-state index contributed by atoms with van der Waals surface area (Å²) >= 11 is 4.99. The maximum Gasteiger partial charge on any atom is 0.225 e. The van der Waals surface area contributed by atoms with Gasteiger partial charge in [-0.2, -0.15) is 0 Å². The molecule has 0 aromatic carbocycles. The molecule has 1 aliphatic rings. The predicted octanol–water partition coefficient (Wildman–Crippen LogP) is 0.807. The van der Waals surface area contributed by atoms with Crippen molar-refractivity contribution in [2.75, 3.05) is 38.6 Å². The van der Waals surface area contributed by atoms with Crippen molar-refractivity contribution in [3.05, 3.63) is 17.5 Å². The van der Waals surface area contributed by atoms with Crippen LogP contribution >= 0.6 is 12.2 Å². The molecule has 1 aromatic rings. The molecule has 0 aliphatic carbocycles. The number of hydrogen-bond acceptors (Lipinski definition) is 5. The SMILES string of the molecule is Cc1cc(C(N)=S)nc(N(C)CC2CCN(C)C2)n1. The van der Waals surface area contributed by atoms with Crippen LogP contribution in [-0.2, 0) is 0 Å². The summed E-state index contributed by atoms with van der Waals surface area (Å²) in [7, 11) is 4.19. The Labute approximate surface area is 119 Å². The maximum absolute atomic E-state index is 5.65. The molecular weight excluding hydrogens is 258 g/mol. The first-order valence-corrected chi connectivity index (χ1v) is 6.91. The van der Waals surface area contributed by atoms with E-state index in [9.17, 15) is 0 Å². The first-order chi connectivity index (χ1) is 8.95. The van der Waals surface area contributed by atoms with E-state index in [1.165, 1.54) is 13.0 Å². The topological polar surface area (TPSA) is 58.3 Å². The Balaban J connectivity index is 2.10. The molecule has 0 radical (unpaired) electrons. The van der Waals surface area contributed by atoms with Crippen LogP contribution in [-0.4, -0.2) is 53.6 Å². The van der Waals surface area contributed by atoms with Gasteiger partial charge < -0.3 is 15.5 Å². The molecule has 1 unspecified atom stereocenters. The molecule has 0 saturated carbocycles. The van der Waals surface area contributed by atoms with Crippen LogP contribution in [0.1, 0.15) is 17.8 Å². The molecule has 1 fully saturated rings. The highest BCUT2D eigenvalue weighted by molar-refractivity contribution is 7.80. The van der Waals surface area contributed by atoms with Gasteiger partial charge in [-0.1, -0.05) is 12.2 Å². The minimum Gasteiger partial charge on any atom is -0.388 e. The Bertz CT molecular complexity index is 476. The third kappa shape index (κ3) is 3.61. The van der Waals surface area contributed by atoms with Gasteiger partial charge in [0.05, 0.1) is 0 Å². The molecule has 1 aliphatic heterocycles. The van der Waals surface area contributed by atoms with Crippen molar-refractivity contribution in [1.82, 2.24) is 14.9 Å². The molecule has 1 saturated heterocycles. The Hall–Kier alpha value is -1.27. The monoisotopic (exact) mass is 279 g/mol. The minimum atomic E-state index is 0.320. The summed E-state index contributed by atoms with van der Waals surface area (Å²) in [6.45, 7) is 5.21. The van der Waals surface area contributed by atoms with Gasteiger partial charge in [0.1, 0.15) is 10.7 Å². The van der Waals surface area contributed by atoms with Crippen LogP contribution < -0.4 is 10.6 Å². The van der Waals surface area contributed by atoms with Crippen molar-refractivity contribution < 1.29 is 0 Å². The number of aromatic nitrogens is 2. The highest BCUT2D eigenvalue weighted by Gasteiger charge is 2.21. The zero-order chi connectivity index (χ0) is 14.0. The molecule has 1 aromatic heterocycles. The average molecular weight is 279 g/mol. The second kappa shape index (κ2) is 5.79. The molecule has 2 heterocycles. The normalized spacial score (nSPS) is 19.6. The molecule has 0 spiro atoms. The standard InChI is InChI=1S/C13H21N5S/c1-9-6-11(12(14)19)16-13(15-9)18(3)8-10-4-5-17(2)7-10/h6,10H,4-5,7-8H2,1-3H3,(H2,14,19). The van der Waals surface area contributed by atoms with E-state index in [0.29, 0.717) is 22.5 Å². The smallest absolute Gasteiger partial charge is 0.225 e. The van der Waals surface area contributed by atoms with E-state index in [4.69, 9.17) is 18.0 Å². The largest absolute Gasteiger partial charge is 0.388 e. The van der Waals surface area contributed by atoms with E-state index in [2.05, 4.69) is 26.8 Å². The molecule has 2 N–H and O–H groups in total. The number of rotatable bonds is 4. The Morgan fingerprint density at radius 2 is 2.32 bits per heavy atom. The quantitative estimate of drug-likeness (QED) is 0.823. The lowest BCUT2D eigenvalue weighted by Crippen LogP contribution is -2.29. The second-order valence-corrected chi connectivity index (χ2v) is 5.80. The first kappa shape index (κ1) is 14.1. The van der Waals surface area contributed by atoms with E-state index in [-0.39, 0.29) is 0 Å². The number of anilines is 1. The van der Waals surface area contributed by atoms with Crippen molar-refractivity contribution in [3.63, 3.8) is 0 Å². The maximum atomic E-state index is 5.65. The van der Waals surface area contributed by atoms with E-state index >= 15 is 0 Å². The lowest BCUT2D eigenvalue weighted by atomic mass is 10.1. The molecule has 104 valence electrons. The summed E-state index contributed by atoms with van der Waals surface area (Å²) < 4.78 is 0. The van der Waals surface area contributed by atoms with Crippen LogP contribution in [0.5, 0.6) is 0 Å². The van der Waals surface area contributed by atoms with Crippen LogP contribution in [0.25, 0.3) is 0 Å². The number of aryl methyl sites for hydroxylation is 1. The zero-order valence-corrected chi connectivity index (χ0v) is 12.6. The van der Waals surface area contributed by atoms with E-state index in [1.807, 2.05) is 20.0 Å². The Morgan fingerprint density at radius 1 is 1.58 bits per heavy atom. The fourth-order valence-corrected chi connectivity index (χ4v) is 2.60. The second-order valence-electron chi connectivity index (χ2n) is 5.36. The van der Waals surface area contributed by atoms with Gasteiger partial charge in [-0.25, -0.2) is 9.97 Å². The number of thiocarbonyl (C=S) groups is 1. The average Bonchev–Trinajstić information content (AvgIpc) is 2.73. The van der Waals surface area contributed by atoms with Crippen LogP contribution in [0.4, 0.5) is 5.95 Å². The van der Waals surface area contributed by atoms with Crippen molar-refractivity contribution in [2.24, 2.45) is 11.7 Å². The number of nitrogens with zero attached hydrogens (tertiary/aromatic N) is 4. The van der Waals surface area contributed by atoms with E-state index < -0.39 is 0 Å². The lowest BCUT2D eigenvalue weighted by molar-refractivity contribution is 0.395. The molecule has 1 atom stereocenters. The summed E-state index contributed by atoms with van der Waals surface area (Å²) in [6, 6.07) is 1.82. The third-order valence-corrected chi connectivity index (χ3v) is 3.67. The van der Waals surface area contributed by atoms with Crippen molar-refractivity contribution in [1.29, 1.82) is 0 Å². The first-order valence-electron chi connectivity index (χ1n) is 6.51. The van der Waals surface area contributed by atoms with Gasteiger partial charge in [-0.15, -0.1) is 0 Å². The molecule has 19 heavy (non-hydrogen) atoms. The molecule has 2 rings (SSSR count). The van der Waals surface area contributed by atoms with Crippen LogP contribution in [0.2, 0.25) is 0 Å². The summed E-state index contributed by atoms with van der Waals surface area (Å²) in [5, 5.41) is 0. The number of hydrogen-bond donors (Lipinski definition) is 1. The van der Waals surface area contributed by atoms with Crippen LogP contribution in [0.15, 0.2) is 6.07 Å². The van der Waals surface area contributed by atoms with Crippen molar-refractivity contribution in [2.45, 2.75) is 13.3 Å². The van der Waals surface area contributed by atoms with Gasteiger partial charge in [-0.3, -0.25) is 0 Å². The fraction of sp³-hybridized carbons (Fsp3) is 0.615. The highest BCUT2D eigenvalue weighted by atomic mass is 32.1. The summed E-state index contributed by atoms with van der Waals surface area (Å²) in [5.74, 6) is 1.38. The van der Waals surface area contributed by atoms with Crippen molar-refractivity contribution >= 4 is 23.2 Å². The van der Waals surface area contributed by atoms with E-state index in [0.717, 1.165) is 18.8 Å². The molecule has 0 amide bonds. The molecule has 5 nitrogen and oxygen atoms in total. The molecule has 6 heteroatoms. The van der Waals surface area contributed by atoms with Gasteiger partial charge >= 0.3 is 0 Å².